The van der Waals surface area contributed by atoms with Gasteiger partial charge in [0, 0.05) is 0 Å². The first-order valence-electron chi connectivity index (χ1n) is 9.07. The van der Waals surface area contributed by atoms with Crippen molar-refractivity contribution in [2.24, 2.45) is 11.3 Å². The number of rotatable bonds is 3. The molecule has 0 saturated carbocycles. The second kappa shape index (κ2) is 17.3. The largest absolute Gasteiger partial charge is 0.100 e. The lowest BCUT2D eigenvalue weighted by molar-refractivity contribution is 0.469. The molecule has 0 aliphatic heterocycles. The average Bonchev–Trinajstić information content (AvgIpc) is 2.38. The van der Waals surface area contributed by atoms with E-state index in [-0.39, 0.29) is 0 Å². The minimum atomic E-state index is 0.500. The Balaban J connectivity index is -0.000000239. The van der Waals surface area contributed by atoms with Crippen LogP contribution in [0.2, 0.25) is 0 Å². The molecule has 0 aliphatic rings. The normalized spacial score (nSPS) is 10.7. The van der Waals surface area contributed by atoms with E-state index >= 15 is 0 Å². The Bertz CT molecular complexity index is 330. The molecule has 0 radical (unpaired) electrons. The SMILES string of the molecule is C=C(C)C.CC(C)(C)C.CCCC(C)CC.Cc1ccccc1. The Kier molecular flexibility index (Phi) is 20.2. The van der Waals surface area contributed by atoms with Gasteiger partial charge in [-0.25, -0.2) is 0 Å². The van der Waals surface area contributed by atoms with Crippen molar-refractivity contribution in [3.05, 3.63) is 48.0 Å². The summed E-state index contributed by atoms with van der Waals surface area (Å²) in [6.07, 6.45) is 4.08. The van der Waals surface area contributed by atoms with Gasteiger partial charge < -0.3 is 0 Å². The van der Waals surface area contributed by atoms with E-state index in [0.29, 0.717) is 5.41 Å². The molecule has 0 nitrogen and oxygen atoms in total. The molecule has 1 rings (SSSR count). The molecule has 0 aromatic heterocycles. The molecule has 0 spiro atoms. The van der Waals surface area contributed by atoms with Crippen molar-refractivity contribution in [1.29, 1.82) is 0 Å². The molecule has 0 amide bonds. The molecule has 0 saturated heterocycles. The molecule has 1 aromatic carbocycles. The third-order valence-corrected chi connectivity index (χ3v) is 2.42. The summed E-state index contributed by atoms with van der Waals surface area (Å²) in [5.74, 6) is 0.949. The standard InChI is InChI=1S/C7H8.C7H16.C5H12.C4H8/c1-7-5-3-2-4-6-7;1-4-6-7(3)5-2;1-5(2,3)4;1-4(2)3/h2-6H,1H3;7H,4-6H2,1-3H3;1-4H3;1H2,2-3H3. The summed E-state index contributed by atoms with van der Waals surface area (Å²) in [5.41, 5.74) is 2.99. The molecule has 136 valence electrons. The van der Waals surface area contributed by atoms with Crippen molar-refractivity contribution in [2.75, 3.05) is 0 Å². The Morgan fingerprint density at radius 3 is 1.48 bits per heavy atom. The van der Waals surface area contributed by atoms with Crippen molar-refractivity contribution in [1.82, 2.24) is 0 Å². The third-order valence-electron chi connectivity index (χ3n) is 2.42. The van der Waals surface area contributed by atoms with Gasteiger partial charge in [-0.2, -0.15) is 0 Å². The van der Waals surface area contributed by atoms with E-state index in [1.54, 1.807) is 0 Å². The number of hydrogen-bond donors (Lipinski definition) is 0. The van der Waals surface area contributed by atoms with Gasteiger partial charge in [-0.05, 0) is 32.1 Å². The molecule has 0 heterocycles. The van der Waals surface area contributed by atoms with E-state index in [1.165, 1.54) is 30.4 Å². The van der Waals surface area contributed by atoms with Crippen LogP contribution in [0, 0.1) is 18.3 Å². The zero-order chi connectivity index (χ0) is 18.9. The van der Waals surface area contributed by atoms with Crippen LogP contribution in [0.25, 0.3) is 0 Å². The molecule has 0 bridgehead atoms. The summed E-state index contributed by atoms with van der Waals surface area (Å²) >= 11 is 0. The Morgan fingerprint density at radius 1 is 1.00 bits per heavy atom. The van der Waals surface area contributed by atoms with Crippen LogP contribution < -0.4 is 0 Å². The highest BCUT2D eigenvalue weighted by molar-refractivity contribution is 5.11. The van der Waals surface area contributed by atoms with Gasteiger partial charge in [0.05, 0.1) is 0 Å². The Morgan fingerprint density at radius 2 is 1.35 bits per heavy atom. The first-order valence-corrected chi connectivity index (χ1v) is 9.07. The second-order valence-electron chi connectivity index (χ2n) is 8.16. The molecular formula is C23H44. The molecule has 1 aromatic rings. The van der Waals surface area contributed by atoms with E-state index < -0.39 is 0 Å². The number of aryl methyl sites for hydroxylation is 1. The number of benzene rings is 1. The fourth-order valence-electron chi connectivity index (χ4n) is 1.23. The predicted molar refractivity (Wildman–Crippen MR) is 111 cm³/mol. The van der Waals surface area contributed by atoms with Gasteiger partial charge in [0.2, 0.25) is 0 Å². The maximum Gasteiger partial charge on any atom is -0.0398 e. The van der Waals surface area contributed by atoms with Gasteiger partial charge in [-0.1, -0.05) is 109 Å². The summed E-state index contributed by atoms with van der Waals surface area (Å²) in [6, 6.07) is 10.3. The molecular weight excluding hydrogens is 276 g/mol. The highest BCUT2D eigenvalue weighted by atomic mass is 14.0. The lowest BCUT2D eigenvalue weighted by Crippen LogP contribution is -1.93. The molecule has 0 fully saturated rings. The monoisotopic (exact) mass is 320 g/mol. The maximum atomic E-state index is 3.56. The van der Waals surface area contributed by atoms with Crippen LogP contribution in [0.1, 0.15) is 87.1 Å². The lowest BCUT2D eigenvalue weighted by Gasteiger charge is -2.05. The van der Waals surface area contributed by atoms with Gasteiger partial charge in [0.25, 0.3) is 0 Å². The molecule has 1 unspecified atom stereocenters. The van der Waals surface area contributed by atoms with Crippen LogP contribution in [0.3, 0.4) is 0 Å². The van der Waals surface area contributed by atoms with Gasteiger partial charge >= 0.3 is 0 Å². The first kappa shape index (κ1) is 26.8. The lowest BCUT2D eigenvalue weighted by atomic mass is 10.0. The second-order valence-corrected chi connectivity index (χ2v) is 8.16. The zero-order valence-electron chi connectivity index (χ0n) is 17.8. The third kappa shape index (κ3) is 52.7. The molecule has 0 N–H and O–H groups in total. The summed E-state index contributed by atoms with van der Waals surface area (Å²) in [7, 11) is 0. The minimum Gasteiger partial charge on any atom is -0.100 e. The average molecular weight is 321 g/mol. The Hall–Kier alpha value is -1.04. The van der Waals surface area contributed by atoms with Gasteiger partial charge in [0.15, 0.2) is 0 Å². The van der Waals surface area contributed by atoms with Crippen LogP contribution >= 0.6 is 0 Å². The van der Waals surface area contributed by atoms with E-state index in [0.717, 1.165) is 5.92 Å². The van der Waals surface area contributed by atoms with E-state index in [2.05, 4.69) is 74.1 Å². The van der Waals surface area contributed by atoms with Crippen molar-refractivity contribution in [3.8, 4) is 0 Å². The number of allylic oxidation sites excluding steroid dienone is 1. The highest BCUT2D eigenvalue weighted by Gasteiger charge is 1.95. The molecule has 0 aliphatic carbocycles. The fraction of sp³-hybridized carbons (Fsp3) is 0.652. The van der Waals surface area contributed by atoms with E-state index in [4.69, 9.17) is 0 Å². The topological polar surface area (TPSA) is 0 Å². The first-order chi connectivity index (χ1) is 10.4. The summed E-state index contributed by atoms with van der Waals surface area (Å²) < 4.78 is 0. The fourth-order valence-corrected chi connectivity index (χ4v) is 1.23. The van der Waals surface area contributed by atoms with Crippen molar-refractivity contribution in [3.63, 3.8) is 0 Å². The van der Waals surface area contributed by atoms with Crippen LogP contribution in [0.15, 0.2) is 42.5 Å². The number of hydrogen-bond acceptors (Lipinski definition) is 0. The van der Waals surface area contributed by atoms with Gasteiger partial charge in [0.1, 0.15) is 0 Å². The van der Waals surface area contributed by atoms with E-state index in [1.807, 2.05) is 32.0 Å². The van der Waals surface area contributed by atoms with Crippen LogP contribution in [0.4, 0.5) is 0 Å². The van der Waals surface area contributed by atoms with Crippen LogP contribution in [0.5, 0.6) is 0 Å². The maximum absolute atomic E-state index is 3.56. The van der Waals surface area contributed by atoms with Gasteiger partial charge in [-0.15, -0.1) is 6.58 Å². The highest BCUT2D eigenvalue weighted by Crippen LogP contribution is 2.08. The van der Waals surface area contributed by atoms with Crippen molar-refractivity contribution >= 4 is 0 Å². The van der Waals surface area contributed by atoms with Crippen molar-refractivity contribution < 1.29 is 0 Å². The Labute approximate surface area is 148 Å². The van der Waals surface area contributed by atoms with Gasteiger partial charge in [-0.3, -0.25) is 0 Å². The smallest absolute Gasteiger partial charge is 0.0398 e. The predicted octanol–water partition coefficient (Wildman–Crippen LogP) is 8.46. The summed E-state index contributed by atoms with van der Waals surface area (Å²) in [5, 5.41) is 0. The zero-order valence-corrected chi connectivity index (χ0v) is 17.8. The quantitative estimate of drug-likeness (QED) is 0.490. The molecule has 1 atom stereocenters. The summed E-state index contributed by atoms with van der Waals surface area (Å²) in [6.45, 7) is 25.1. The van der Waals surface area contributed by atoms with Crippen molar-refractivity contribution in [2.45, 2.75) is 88.5 Å². The molecule has 0 heteroatoms. The summed E-state index contributed by atoms with van der Waals surface area (Å²) in [4.78, 5) is 0. The van der Waals surface area contributed by atoms with Crippen LogP contribution in [-0.2, 0) is 0 Å². The minimum absolute atomic E-state index is 0.500. The van der Waals surface area contributed by atoms with Crippen LogP contribution in [-0.4, -0.2) is 0 Å². The van der Waals surface area contributed by atoms with E-state index in [9.17, 15) is 0 Å². The molecule has 23 heavy (non-hydrogen) atoms.